The first kappa shape index (κ1) is 15.6. The van der Waals surface area contributed by atoms with Gasteiger partial charge in [-0.05, 0) is 12.5 Å². The Balaban J connectivity index is 0. The van der Waals surface area contributed by atoms with E-state index in [0.717, 1.165) is 23.5 Å². The predicted octanol–water partition coefficient (Wildman–Crippen LogP) is -1.58. The molecule has 0 aromatic rings. The summed E-state index contributed by atoms with van der Waals surface area (Å²) in [4.78, 5) is 20.6. The van der Waals surface area contributed by atoms with Crippen LogP contribution in [0.5, 0.6) is 0 Å². The number of carboxylic acids is 2. The van der Waals surface area contributed by atoms with E-state index in [2.05, 4.69) is 0 Å². The van der Waals surface area contributed by atoms with Crippen LogP contribution in [0.15, 0.2) is 9.81 Å². The number of aliphatic carboxylic acids is 2. The monoisotopic (exact) mass is 313 g/mol. The Kier molecular flexibility index (Phi) is 9.01. The van der Waals surface area contributed by atoms with Crippen LogP contribution in [0.1, 0.15) is 0 Å². The predicted molar refractivity (Wildman–Crippen MR) is 44.1 cm³/mol. The summed E-state index contributed by atoms with van der Waals surface area (Å²) in [6, 6.07) is 0. The molecular weight excluding hydrogens is 308 g/mol. The Hall–Kier alpha value is 0.120. The molecule has 0 aromatic heterocycles. The molecule has 0 saturated heterocycles. The van der Waals surface area contributed by atoms with Gasteiger partial charge in [0.25, 0.3) is 0 Å². The Morgan fingerprint density at radius 3 is 1.38 bits per heavy atom. The largest absolute Gasteiger partial charge is 0.545 e. The molecule has 0 unspecified atom stereocenters. The summed E-state index contributed by atoms with van der Waals surface area (Å²) in [6.45, 7) is 0. The van der Waals surface area contributed by atoms with E-state index in [4.69, 9.17) is 0 Å². The Labute approximate surface area is 99.7 Å². The maximum absolute atomic E-state index is 10.3. The Morgan fingerprint density at radius 2 is 1.31 bits per heavy atom. The summed E-state index contributed by atoms with van der Waals surface area (Å²) in [5, 5.41) is 20.6. The molecule has 0 spiro atoms. The SMILES string of the molecule is CSC(SC)=C(C(=O)[O-])C(=O)[O-].[Ag]. The molecule has 0 heterocycles. The standard InChI is InChI=1S/C6H8O4S2.Ag/c1-11-6(12-2)3(4(7)8)5(9)10;/h1-2H3,(H,7,8)(H,9,10);/p-2. The first-order valence-electron chi connectivity index (χ1n) is 2.79. The van der Waals surface area contributed by atoms with Crippen LogP contribution in [0.4, 0.5) is 0 Å². The van der Waals surface area contributed by atoms with Gasteiger partial charge in [0.2, 0.25) is 0 Å². The molecule has 0 aliphatic heterocycles. The fraction of sp³-hybridized carbons (Fsp3) is 0.333. The van der Waals surface area contributed by atoms with E-state index in [-0.39, 0.29) is 26.6 Å². The molecule has 0 amide bonds. The van der Waals surface area contributed by atoms with E-state index in [1.807, 2.05) is 0 Å². The average molecular weight is 314 g/mol. The summed E-state index contributed by atoms with van der Waals surface area (Å²) in [7, 11) is 0. The number of carbonyl (C=O) groups excluding carboxylic acids is 2. The maximum Gasteiger partial charge on any atom is 0.0750 e. The molecule has 0 fully saturated rings. The molecule has 0 aliphatic rings. The van der Waals surface area contributed by atoms with Crippen LogP contribution < -0.4 is 10.2 Å². The van der Waals surface area contributed by atoms with Gasteiger partial charge < -0.3 is 19.8 Å². The molecule has 0 atom stereocenters. The zero-order valence-electron chi connectivity index (χ0n) is 6.75. The number of rotatable bonds is 4. The summed E-state index contributed by atoms with van der Waals surface area (Å²) >= 11 is 2.07. The third-order valence-corrected chi connectivity index (χ3v) is 3.13. The Morgan fingerprint density at radius 1 is 1.00 bits per heavy atom. The van der Waals surface area contributed by atoms with Crippen LogP contribution in [-0.2, 0) is 32.0 Å². The number of carbonyl (C=O) groups is 2. The molecule has 0 bridgehead atoms. The topological polar surface area (TPSA) is 80.3 Å². The third-order valence-electron chi connectivity index (χ3n) is 0.983. The molecule has 4 nitrogen and oxygen atoms in total. The quantitative estimate of drug-likeness (QED) is 0.270. The van der Waals surface area contributed by atoms with Gasteiger partial charge in [0.1, 0.15) is 0 Å². The molecule has 1 radical (unpaired) electrons. The molecular formula is C6H6AgO4S2-2. The van der Waals surface area contributed by atoms with Crippen molar-refractivity contribution in [2.75, 3.05) is 12.5 Å². The second-order valence-electron chi connectivity index (χ2n) is 1.65. The fourth-order valence-corrected chi connectivity index (χ4v) is 1.95. The minimum atomic E-state index is -1.71. The summed E-state index contributed by atoms with van der Waals surface area (Å²) in [5.41, 5.74) is -0.782. The van der Waals surface area contributed by atoms with Crippen molar-refractivity contribution in [3.05, 3.63) is 9.81 Å². The second-order valence-corrected chi connectivity index (χ2v) is 3.54. The van der Waals surface area contributed by atoms with Crippen LogP contribution in [0.3, 0.4) is 0 Å². The minimum Gasteiger partial charge on any atom is -0.545 e. The van der Waals surface area contributed by atoms with Crippen molar-refractivity contribution < 1.29 is 42.2 Å². The van der Waals surface area contributed by atoms with Crippen molar-refractivity contribution in [1.29, 1.82) is 0 Å². The van der Waals surface area contributed by atoms with Crippen molar-refractivity contribution in [2.24, 2.45) is 0 Å². The van der Waals surface area contributed by atoms with Crippen molar-refractivity contribution in [3.63, 3.8) is 0 Å². The van der Waals surface area contributed by atoms with Crippen LogP contribution in [0.2, 0.25) is 0 Å². The molecule has 13 heavy (non-hydrogen) atoms. The van der Waals surface area contributed by atoms with Crippen LogP contribution in [-0.4, -0.2) is 24.5 Å². The van der Waals surface area contributed by atoms with E-state index in [0.29, 0.717) is 0 Å². The van der Waals surface area contributed by atoms with Gasteiger partial charge in [-0.25, -0.2) is 0 Å². The number of thioether (sulfide) groups is 2. The molecule has 0 aliphatic carbocycles. The van der Waals surface area contributed by atoms with E-state index in [1.165, 1.54) is 0 Å². The van der Waals surface area contributed by atoms with Crippen molar-refractivity contribution in [3.8, 4) is 0 Å². The van der Waals surface area contributed by atoms with Gasteiger partial charge in [0.05, 0.1) is 16.2 Å². The first-order valence-corrected chi connectivity index (χ1v) is 5.24. The van der Waals surface area contributed by atoms with Gasteiger partial charge in [-0.3, -0.25) is 0 Å². The first-order chi connectivity index (χ1) is 5.54. The third kappa shape index (κ3) is 4.78. The van der Waals surface area contributed by atoms with E-state index >= 15 is 0 Å². The molecule has 0 N–H and O–H groups in total. The van der Waals surface area contributed by atoms with Gasteiger partial charge in [-0.1, -0.05) is 0 Å². The molecule has 0 rings (SSSR count). The molecule has 0 aromatic carbocycles. The summed E-state index contributed by atoms with van der Waals surface area (Å²) < 4.78 is 0.176. The maximum atomic E-state index is 10.3. The smallest absolute Gasteiger partial charge is 0.0750 e. The summed E-state index contributed by atoms with van der Waals surface area (Å²) in [5.74, 6) is -3.43. The van der Waals surface area contributed by atoms with Gasteiger partial charge in [0, 0.05) is 28.0 Å². The van der Waals surface area contributed by atoms with Gasteiger partial charge >= 0.3 is 0 Å². The minimum absolute atomic E-state index is 0. The van der Waals surface area contributed by atoms with E-state index in [1.54, 1.807) is 12.5 Å². The van der Waals surface area contributed by atoms with Crippen LogP contribution in [0, 0.1) is 0 Å². The molecule has 79 valence electrons. The van der Waals surface area contributed by atoms with E-state index in [9.17, 15) is 19.8 Å². The van der Waals surface area contributed by atoms with E-state index < -0.39 is 17.5 Å². The zero-order chi connectivity index (χ0) is 9.72. The fourth-order valence-electron chi connectivity index (χ4n) is 0.537. The normalized spacial score (nSPS) is 8.46. The zero-order valence-corrected chi connectivity index (χ0v) is 9.87. The Bertz CT molecular complexity index is 217. The number of hydrogen-bond donors (Lipinski definition) is 0. The van der Waals surface area contributed by atoms with Crippen LogP contribution >= 0.6 is 23.5 Å². The molecule has 0 saturated carbocycles. The van der Waals surface area contributed by atoms with Gasteiger partial charge in [-0.2, -0.15) is 0 Å². The van der Waals surface area contributed by atoms with Crippen LogP contribution in [0.25, 0.3) is 0 Å². The van der Waals surface area contributed by atoms with Crippen molar-refractivity contribution >= 4 is 35.5 Å². The van der Waals surface area contributed by atoms with Crippen molar-refractivity contribution in [1.82, 2.24) is 0 Å². The van der Waals surface area contributed by atoms with Gasteiger partial charge in [0.15, 0.2) is 0 Å². The molecule has 7 heteroatoms. The van der Waals surface area contributed by atoms with Crippen molar-refractivity contribution in [2.45, 2.75) is 0 Å². The average Bonchev–Trinajstić information content (AvgIpc) is 1.98. The van der Waals surface area contributed by atoms with Gasteiger partial charge in [-0.15, -0.1) is 23.5 Å². The second kappa shape index (κ2) is 7.52. The summed E-state index contributed by atoms with van der Waals surface area (Å²) in [6.07, 6.45) is 3.16. The number of carboxylic acid groups (broad SMARTS) is 2. The number of hydrogen-bond acceptors (Lipinski definition) is 6.